The van der Waals surface area contributed by atoms with Crippen LogP contribution >= 0.6 is 0 Å². The van der Waals surface area contributed by atoms with Crippen molar-refractivity contribution in [3.05, 3.63) is 46.4 Å². The summed E-state index contributed by atoms with van der Waals surface area (Å²) in [6.07, 6.45) is 4.13. The smallest absolute Gasteiger partial charge is 0.274 e. The van der Waals surface area contributed by atoms with E-state index in [4.69, 9.17) is 0 Å². The average Bonchev–Trinajstić information content (AvgIpc) is 3.01. The van der Waals surface area contributed by atoms with E-state index in [1.54, 1.807) is 6.20 Å². The van der Waals surface area contributed by atoms with Crippen LogP contribution in [-0.2, 0) is 0 Å². The maximum Gasteiger partial charge on any atom is 0.274 e. The van der Waals surface area contributed by atoms with Crippen LogP contribution in [0.25, 0.3) is 11.1 Å². The standard InChI is InChI=1S/C17H21N3O/c1-12(2)13-5-7-14(8-6-13)16-15(11-18-19-17(16)21)20-9-3-4-10-20/h5-8,11-12H,3-4,9-10H2,1-2H3,(H,19,21). The Labute approximate surface area is 124 Å². The van der Waals surface area contributed by atoms with Crippen molar-refractivity contribution >= 4 is 5.69 Å². The SMILES string of the molecule is CC(C)c1ccc(-c2c(N3CCCC3)cn[nH]c2=O)cc1. The van der Waals surface area contributed by atoms with Gasteiger partial charge in [-0.25, -0.2) is 5.10 Å². The minimum atomic E-state index is -0.114. The van der Waals surface area contributed by atoms with Crippen molar-refractivity contribution in [2.75, 3.05) is 18.0 Å². The number of aromatic nitrogens is 2. The van der Waals surface area contributed by atoms with Gasteiger partial charge in [-0.3, -0.25) is 4.79 Å². The van der Waals surface area contributed by atoms with Gasteiger partial charge in [0.25, 0.3) is 5.56 Å². The molecular formula is C17H21N3O. The monoisotopic (exact) mass is 283 g/mol. The Balaban J connectivity index is 2.06. The van der Waals surface area contributed by atoms with Gasteiger partial charge >= 0.3 is 0 Å². The van der Waals surface area contributed by atoms with Crippen LogP contribution in [0.2, 0.25) is 0 Å². The average molecular weight is 283 g/mol. The van der Waals surface area contributed by atoms with Crippen LogP contribution in [0, 0.1) is 0 Å². The zero-order valence-electron chi connectivity index (χ0n) is 12.6. The van der Waals surface area contributed by atoms with E-state index in [9.17, 15) is 4.79 Å². The molecule has 1 aliphatic rings. The molecule has 3 rings (SSSR count). The second-order valence-electron chi connectivity index (χ2n) is 5.93. The van der Waals surface area contributed by atoms with Crippen LogP contribution in [0.1, 0.15) is 38.2 Å². The molecular weight excluding hydrogens is 262 g/mol. The molecule has 0 amide bonds. The molecule has 0 atom stereocenters. The van der Waals surface area contributed by atoms with Crippen molar-refractivity contribution in [1.29, 1.82) is 0 Å². The fourth-order valence-corrected chi connectivity index (χ4v) is 2.90. The van der Waals surface area contributed by atoms with E-state index in [0.29, 0.717) is 5.92 Å². The van der Waals surface area contributed by atoms with E-state index in [1.165, 1.54) is 18.4 Å². The van der Waals surface area contributed by atoms with Gasteiger partial charge in [-0.1, -0.05) is 38.1 Å². The van der Waals surface area contributed by atoms with E-state index >= 15 is 0 Å². The molecule has 0 spiro atoms. The highest BCUT2D eigenvalue weighted by atomic mass is 16.1. The zero-order chi connectivity index (χ0) is 14.8. The lowest BCUT2D eigenvalue weighted by atomic mass is 9.99. The number of hydrogen-bond donors (Lipinski definition) is 1. The highest BCUT2D eigenvalue weighted by molar-refractivity contribution is 5.77. The van der Waals surface area contributed by atoms with Gasteiger partial charge in [0.15, 0.2) is 0 Å². The van der Waals surface area contributed by atoms with E-state index in [2.05, 4.69) is 41.1 Å². The number of nitrogens with one attached hydrogen (secondary N) is 1. The zero-order valence-corrected chi connectivity index (χ0v) is 12.6. The van der Waals surface area contributed by atoms with Crippen LogP contribution < -0.4 is 10.5 Å². The van der Waals surface area contributed by atoms with Crippen molar-refractivity contribution < 1.29 is 0 Å². The van der Waals surface area contributed by atoms with Crippen LogP contribution in [0.5, 0.6) is 0 Å². The second-order valence-corrected chi connectivity index (χ2v) is 5.93. The first-order valence-electron chi connectivity index (χ1n) is 7.60. The predicted octanol–water partition coefficient (Wildman–Crippen LogP) is 3.16. The Hall–Kier alpha value is -2.10. The summed E-state index contributed by atoms with van der Waals surface area (Å²) in [5.41, 5.74) is 3.82. The van der Waals surface area contributed by atoms with Gasteiger partial charge in [-0.15, -0.1) is 0 Å². The van der Waals surface area contributed by atoms with Gasteiger partial charge in [0, 0.05) is 13.1 Å². The second kappa shape index (κ2) is 5.72. The summed E-state index contributed by atoms with van der Waals surface area (Å²) >= 11 is 0. The fourth-order valence-electron chi connectivity index (χ4n) is 2.90. The summed E-state index contributed by atoms with van der Waals surface area (Å²) < 4.78 is 0. The normalized spacial score (nSPS) is 14.9. The van der Waals surface area contributed by atoms with Gasteiger partial charge in [0.1, 0.15) is 0 Å². The molecule has 0 bridgehead atoms. The van der Waals surface area contributed by atoms with Crippen LogP contribution in [0.3, 0.4) is 0 Å². The largest absolute Gasteiger partial charge is 0.370 e. The molecule has 0 unspecified atom stereocenters. The van der Waals surface area contributed by atoms with E-state index in [1.807, 2.05) is 12.1 Å². The lowest BCUT2D eigenvalue weighted by molar-refractivity contribution is 0.867. The molecule has 2 aromatic rings. The third-order valence-electron chi connectivity index (χ3n) is 4.15. The summed E-state index contributed by atoms with van der Waals surface area (Å²) in [4.78, 5) is 14.5. The number of hydrogen-bond acceptors (Lipinski definition) is 3. The predicted molar refractivity (Wildman–Crippen MR) is 85.8 cm³/mol. The quantitative estimate of drug-likeness (QED) is 0.941. The van der Waals surface area contributed by atoms with Crippen molar-refractivity contribution in [2.24, 2.45) is 0 Å². The molecule has 1 aliphatic heterocycles. The van der Waals surface area contributed by atoms with Gasteiger partial charge in [-0.05, 0) is 29.9 Å². The Morgan fingerprint density at radius 1 is 1.14 bits per heavy atom. The molecule has 1 N–H and O–H groups in total. The van der Waals surface area contributed by atoms with E-state index in [0.717, 1.165) is 29.9 Å². The lowest BCUT2D eigenvalue weighted by Gasteiger charge is -2.20. The Morgan fingerprint density at radius 3 is 2.43 bits per heavy atom. The highest BCUT2D eigenvalue weighted by Crippen LogP contribution is 2.30. The van der Waals surface area contributed by atoms with E-state index in [-0.39, 0.29) is 5.56 Å². The van der Waals surface area contributed by atoms with Crippen molar-refractivity contribution in [3.63, 3.8) is 0 Å². The van der Waals surface area contributed by atoms with Gasteiger partial charge in [0.2, 0.25) is 0 Å². The number of nitrogens with zero attached hydrogens (tertiary/aromatic N) is 2. The Kier molecular flexibility index (Phi) is 3.78. The topological polar surface area (TPSA) is 49.0 Å². The molecule has 2 heterocycles. The number of aromatic amines is 1. The number of benzene rings is 1. The molecule has 0 saturated carbocycles. The van der Waals surface area contributed by atoms with Gasteiger partial charge in [-0.2, -0.15) is 5.10 Å². The van der Waals surface area contributed by atoms with Crippen LogP contribution in [-0.4, -0.2) is 23.3 Å². The maximum atomic E-state index is 12.3. The molecule has 1 fully saturated rings. The summed E-state index contributed by atoms with van der Waals surface area (Å²) in [6, 6.07) is 8.29. The van der Waals surface area contributed by atoms with Crippen molar-refractivity contribution in [3.8, 4) is 11.1 Å². The molecule has 0 radical (unpaired) electrons. The van der Waals surface area contributed by atoms with Crippen LogP contribution in [0.4, 0.5) is 5.69 Å². The fraction of sp³-hybridized carbons (Fsp3) is 0.412. The molecule has 1 aromatic carbocycles. The molecule has 1 aromatic heterocycles. The van der Waals surface area contributed by atoms with Gasteiger partial charge in [0.05, 0.1) is 17.4 Å². The minimum Gasteiger partial charge on any atom is -0.370 e. The molecule has 1 saturated heterocycles. The highest BCUT2D eigenvalue weighted by Gasteiger charge is 2.19. The first-order valence-corrected chi connectivity index (χ1v) is 7.60. The summed E-state index contributed by atoms with van der Waals surface area (Å²) in [7, 11) is 0. The Bertz CT molecular complexity index is 667. The van der Waals surface area contributed by atoms with Crippen molar-refractivity contribution in [2.45, 2.75) is 32.6 Å². The first kappa shape index (κ1) is 13.9. The number of anilines is 1. The van der Waals surface area contributed by atoms with E-state index < -0.39 is 0 Å². The number of rotatable bonds is 3. The summed E-state index contributed by atoms with van der Waals surface area (Å²) in [6.45, 7) is 6.35. The van der Waals surface area contributed by atoms with Crippen LogP contribution in [0.15, 0.2) is 35.3 Å². The molecule has 0 aliphatic carbocycles. The molecule has 4 heteroatoms. The third-order valence-corrected chi connectivity index (χ3v) is 4.15. The molecule has 110 valence electrons. The minimum absolute atomic E-state index is 0.114. The third kappa shape index (κ3) is 2.71. The maximum absolute atomic E-state index is 12.3. The molecule has 4 nitrogen and oxygen atoms in total. The van der Waals surface area contributed by atoms with Gasteiger partial charge < -0.3 is 4.90 Å². The number of H-pyrrole nitrogens is 1. The lowest BCUT2D eigenvalue weighted by Crippen LogP contribution is -2.23. The van der Waals surface area contributed by atoms with Crippen molar-refractivity contribution in [1.82, 2.24) is 10.2 Å². The first-order chi connectivity index (χ1) is 10.2. The molecule has 21 heavy (non-hydrogen) atoms. The Morgan fingerprint density at radius 2 is 1.81 bits per heavy atom. The summed E-state index contributed by atoms with van der Waals surface area (Å²) in [5, 5.41) is 6.55. The summed E-state index contributed by atoms with van der Waals surface area (Å²) in [5.74, 6) is 0.493.